The van der Waals surface area contributed by atoms with E-state index in [1.807, 2.05) is 0 Å². The van der Waals surface area contributed by atoms with Gasteiger partial charge in [-0.15, -0.1) is 0 Å². The lowest BCUT2D eigenvalue weighted by Gasteiger charge is -2.19. The first-order valence-electron chi connectivity index (χ1n) is 7.77. The van der Waals surface area contributed by atoms with Crippen LogP contribution < -0.4 is 15.9 Å². The number of carboxylic acids is 1. The average molecular weight is 363 g/mol. The fourth-order valence-electron chi connectivity index (χ4n) is 2.19. The summed E-state index contributed by atoms with van der Waals surface area (Å²) in [7, 11) is 0. The van der Waals surface area contributed by atoms with Gasteiger partial charge in [0, 0.05) is 32.1 Å². The van der Waals surface area contributed by atoms with Crippen LogP contribution in [0, 0.1) is 5.21 Å². The molecule has 0 spiro atoms. The number of fused-ring (bicyclic) bond motifs is 1. The molecule has 1 aliphatic rings. The summed E-state index contributed by atoms with van der Waals surface area (Å²) in [5.41, 5.74) is -0.226. The van der Waals surface area contributed by atoms with E-state index in [2.05, 4.69) is 22.9 Å². The molecule has 2 unspecified atom stereocenters. The Bertz CT molecular complexity index is 842. The summed E-state index contributed by atoms with van der Waals surface area (Å²) in [6, 6.07) is 3.43. The van der Waals surface area contributed by atoms with Crippen LogP contribution in [0.25, 0.3) is 6.08 Å². The number of benzene rings is 1. The fourth-order valence-corrected chi connectivity index (χ4v) is 2.44. The summed E-state index contributed by atoms with van der Waals surface area (Å²) in [4.78, 5) is 27.6. The van der Waals surface area contributed by atoms with E-state index in [1.54, 1.807) is 45.0 Å². The first-order valence-corrected chi connectivity index (χ1v) is 8.41. The zero-order valence-corrected chi connectivity index (χ0v) is 15.2. The van der Waals surface area contributed by atoms with Crippen molar-refractivity contribution in [1.82, 2.24) is 5.32 Å². The SMILES string of the molecule is CC(C)(C)/[N+]([O-])=C/C1C=c2cc(C(=O)NC(CS)C(=O)O)ccc2=N1. The van der Waals surface area contributed by atoms with Crippen molar-refractivity contribution in [2.75, 3.05) is 5.75 Å². The molecule has 1 amide bonds. The maximum atomic E-state index is 12.2. The maximum absolute atomic E-state index is 12.2. The first kappa shape index (κ1) is 19.0. The molecule has 0 bridgehead atoms. The Hall–Kier alpha value is -2.35. The molecule has 1 heterocycles. The summed E-state index contributed by atoms with van der Waals surface area (Å²) in [5.74, 6) is -1.64. The van der Waals surface area contributed by atoms with Crippen LogP contribution in [0.15, 0.2) is 23.2 Å². The largest absolute Gasteiger partial charge is 0.624 e. The Balaban J connectivity index is 2.25. The van der Waals surface area contributed by atoms with E-state index in [9.17, 15) is 14.8 Å². The summed E-state index contributed by atoms with van der Waals surface area (Å²) in [6.07, 6.45) is 3.27. The average Bonchev–Trinajstić information content (AvgIpc) is 2.92. The highest BCUT2D eigenvalue weighted by molar-refractivity contribution is 7.80. The van der Waals surface area contributed by atoms with Crippen molar-refractivity contribution in [3.8, 4) is 0 Å². The molecule has 2 rings (SSSR count). The van der Waals surface area contributed by atoms with Gasteiger partial charge in [0.1, 0.15) is 12.1 Å². The van der Waals surface area contributed by atoms with E-state index >= 15 is 0 Å². The van der Waals surface area contributed by atoms with Gasteiger partial charge < -0.3 is 15.6 Å². The Kier molecular flexibility index (Phi) is 5.52. The number of thiol groups is 1. The van der Waals surface area contributed by atoms with Crippen LogP contribution in [-0.2, 0) is 4.79 Å². The van der Waals surface area contributed by atoms with Crippen molar-refractivity contribution >= 4 is 36.8 Å². The molecule has 2 atom stereocenters. The van der Waals surface area contributed by atoms with Crippen LogP contribution in [0.4, 0.5) is 0 Å². The number of hydrogen-bond acceptors (Lipinski definition) is 5. The topological polar surface area (TPSA) is 105 Å². The second kappa shape index (κ2) is 7.26. The zero-order valence-electron chi connectivity index (χ0n) is 14.3. The summed E-state index contributed by atoms with van der Waals surface area (Å²) < 4.78 is 0.862. The second-order valence-electron chi connectivity index (χ2n) is 6.75. The molecule has 1 aromatic rings. The molecule has 2 N–H and O–H groups in total. The van der Waals surface area contributed by atoms with Crippen LogP contribution in [0.5, 0.6) is 0 Å². The third kappa shape index (κ3) is 4.60. The molecule has 25 heavy (non-hydrogen) atoms. The minimum atomic E-state index is -1.14. The number of nitrogens with one attached hydrogen (secondary N) is 1. The highest BCUT2D eigenvalue weighted by atomic mass is 32.1. The van der Waals surface area contributed by atoms with Crippen molar-refractivity contribution in [3.63, 3.8) is 0 Å². The predicted molar refractivity (Wildman–Crippen MR) is 97.7 cm³/mol. The number of rotatable bonds is 5. The van der Waals surface area contributed by atoms with Gasteiger partial charge in [0.15, 0.2) is 11.8 Å². The molecule has 134 valence electrons. The third-order valence-electron chi connectivity index (χ3n) is 3.66. The Morgan fingerprint density at radius 1 is 1.48 bits per heavy atom. The van der Waals surface area contributed by atoms with Gasteiger partial charge in [0.2, 0.25) is 0 Å². The van der Waals surface area contributed by atoms with E-state index < -0.39 is 29.5 Å². The van der Waals surface area contributed by atoms with Crippen molar-refractivity contribution in [1.29, 1.82) is 0 Å². The summed E-state index contributed by atoms with van der Waals surface area (Å²) >= 11 is 3.92. The summed E-state index contributed by atoms with van der Waals surface area (Å²) in [5, 5.41) is 24.8. The molecule has 0 fully saturated rings. The van der Waals surface area contributed by atoms with Gasteiger partial charge in [-0.3, -0.25) is 9.79 Å². The van der Waals surface area contributed by atoms with Crippen LogP contribution in [0.2, 0.25) is 0 Å². The van der Waals surface area contributed by atoms with E-state index in [0.717, 1.165) is 9.96 Å². The van der Waals surface area contributed by atoms with Gasteiger partial charge in [-0.1, -0.05) is 0 Å². The van der Waals surface area contributed by atoms with E-state index in [0.29, 0.717) is 10.9 Å². The van der Waals surface area contributed by atoms with Gasteiger partial charge in [-0.05, 0) is 29.5 Å². The second-order valence-corrected chi connectivity index (χ2v) is 7.12. The van der Waals surface area contributed by atoms with Crippen LogP contribution >= 0.6 is 12.6 Å². The smallest absolute Gasteiger partial charge is 0.327 e. The molecule has 1 aliphatic heterocycles. The third-order valence-corrected chi connectivity index (χ3v) is 4.03. The van der Waals surface area contributed by atoms with Crippen LogP contribution in [0.1, 0.15) is 31.1 Å². The minimum Gasteiger partial charge on any atom is -0.624 e. The standard InChI is InChI=1S/C17H21N3O4S/c1-17(2,3)20(24)8-12-7-11-6-10(4-5-13(11)18-12)15(21)19-14(9-25)16(22)23/h4-8,12,14,25H,9H2,1-3H3,(H,19,21)(H,22,23)/b20-8-. The predicted octanol–water partition coefficient (Wildman–Crippen LogP) is -0.0387. The number of hydroxylamine groups is 1. The zero-order chi connectivity index (χ0) is 18.8. The Morgan fingerprint density at radius 3 is 2.72 bits per heavy atom. The monoisotopic (exact) mass is 363 g/mol. The Morgan fingerprint density at radius 2 is 2.16 bits per heavy atom. The summed E-state index contributed by atoms with van der Waals surface area (Å²) in [6.45, 7) is 5.42. The quantitative estimate of drug-likeness (QED) is 0.224. The molecule has 0 aromatic heterocycles. The maximum Gasteiger partial charge on any atom is 0.327 e. The van der Waals surface area contributed by atoms with Crippen LogP contribution in [-0.4, -0.2) is 51.3 Å². The molecule has 0 saturated heterocycles. The van der Waals surface area contributed by atoms with Crippen molar-refractivity contribution in [3.05, 3.63) is 39.5 Å². The van der Waals surface area contributed by atoms with Crippen molar-refractivity contribution < 1.29 is 19.4 Å². The number of carbonyl (C=O) groups is 2. The number of hydrogen-bond donors (Lipinski definition) is 3. The molecule has 0 saturated carbocycles. The van der Waals surface area contributed by atoms with Crippen LogP contribution in [0.3, 0.4) is 0 Å². The molecule has 0 radical (unpaired) electrons. The van der Waals surface area contributed by atoms with Crippen molar-refractivity contribution in [2.45, 2.75) is 38.4 Å². The lowest BCUT2D eigenvalue weighted by atomic mass is 10.1. The minimum absolute atomic E-state index is 0.00333. The lowest BCUT2D eigenvalue weighted by Crippen LogP contribution is -2.42. The molecule has 8 heteroatoms. The number of carbonyl (C=O) groups excluding carboxylic acids is 1. The molecular formula is C17H21N3O4S. The van der Waals surface area contributed by atoms with E-state index in [-0.39, 0.29) is 5.75 Å². The fraction of sp³-hybridized carbons (Fsp3) is 0.412. The molecule has 0 aliphatic carbocycles. The molecule has 7 nitrogen and oxygen atoms in total. The normalized spacial score (nSPS) is 17.9. The van der Waals surface area contributed by atoms with Crippen molar-refractivity contribution in [2.24, 2.45) is 4.99 Å². The molecular weight excluding hydrogens is 342 g/mol. The van der Waals surface area contributed by atoms with Gasteiger partial charge in [0.25, 0.3) is 5.91 Å². The first-order chi connectivity index (χ1) is 11.6. The van der Waals surface area contributed by atoms with E-state index in [1.165, 1.54) is 6.21 Å². The highest BCUT2D eigenvalue weighted by Crippen LogP contribution is 2.06. The van der Waals surface area contributed by atoms with Gasteiger partial charge in [-0.25, -0.2) is 9.53 Å². The van der Waals surface area contributed by atoms with Gasteiger partial charge in [0.05, 0.1) is 5.36 Å². The number of carboxylic acid groups (broad SMARTS) is 1. The lowest BCUT2D eigenvalue weighted by molar-refractivity contribution is -0.532. The van der Waals surface area contributed by atoms with Gasteiger partial charge >= 0.3 is 5.97 Å². The van der Waals surface area contributed by atoms with E-state index in [4.69, 9.17) is 5.11 Å². The Labute approximate surface area is 150 Å². The highest BCUT2D eigenvalue weighted by Gasteiger charge is 2.22. The van der Waals surface area contributed by atoms with Gasteiger partial charge in [-0.2, -0.15) is 12.6 Å². The number of nitrogens with zero attached hydrogens (tertiary/aromatic N) is 2. The number of amides is 1. The molecule has 1 aromatic carbocycles. The number of aliphatic carboxylic acids is 1.